The SMILES string of the molecule is CCOC(=O)COc1ccc(C2=CC(=O)CC(C)C2)c(Cl)c1Cl. The molecule has 0 saturated heterocycles. The molecule has 0 bridgehead atoms. The van der Waals surface area contributed by atoms with Crippen molar-refractivity contribution in [2.24, 2.45) is 5.92 Å². The minimum Gasteiger partial charge on any atom is -0.480 e. The lowest BCUT2D eigenvalue weighted by atomic mass is 9.86. The van der Waals surface area contributed by atoms with Gasteiger partial charge >= 0.3 is 5.97 Å². The van der Waals surface area contributed by atoms with E-state index >= 15 is 0 Å². The number of hydrogen-bond donors (Lipinski definition) is 0. The van der Waals surface area contributed by atoms with Crippen LogP contribution in [0.5, 0.6) is 5.75 Å². The lowest BCUT2D eigenvalue weighted by molar-refractivity contribution is -0.145. The molecular formula is C17H18Cl2O4. The average molecular weight is 357 g/mol. The molecule has 0 N–H and O–H groups in total. The molecule has 1 aromatic rings. The predicted molar refractivity (Wildman–Crippen MR) is 90.0 cm³/mol. The highest BCUT2D eigenvalue weighted by molar-refractivity contribution is 6.44. The predicted octanol–water partition coefficient (Wildman–Crippen LogP) is 4.32. The summed E-state index contributed by atoms with van der Waals surface area (Å²) in [5.74, 6) is 0.202. The van der Waals surface area contributed by atoms with Crippen LogP contribution in [0.3, 0.4) is 0 Å². The van der Waals surface area contributed by atoms with Gasteiger partial charge in [-0.1, -0.05) is 30.1 Å². The van der Waals surface area contributed by atoms with Crippen LogP contribution in [0.2, 0.25) is 10.0 Å². The van der Waals surface area contributed by atoms with E-state index < -0.39 is 5.97 Å². The number of hydrogen-bond acceptors (Lipinski definition) is 4. The van der Waals surface area contributed by atoms with Crippen molar-refractivity contribution in [3.63, 3.8) is 0 Å². The van der Waals surface area contributed by atoms with Crippen LogP contribution in [0.15, 0.2) is 18.2 Å². The number of halogens is 2. The zero-order valence-electron chi connectivity index (χ0n) is 13.0. The maximum absolute atomic E-state index is 11.7. The van der Waals surface area contributed by atoms with Crippen molar-refractivity contribution >= 4 is 40.5 Å². The zero-order chi connectivity index (χ0) is 17.0. The molecule has 0 radical (unpaired) electrons. The summed E-state index contributed by atoms with van der Waals surface area (Å²) in [6, 6.07) is 3.40. The molecule has 0 spiro atoms. The van der Waals surface area contributed by atoms with Crippen LogP contribution >= 0.6 is 23.2 Å². The van der Waals surface area contributed by atoms with Gasteiger partial charge in [0.2, 0.25) is 0 Å². The van der Waals surface area contributed by atoms with E-state index in [2.05, 4.69) is 0 Å². The summed E-state index contributed by atoms with van der Waals surface area (Å²) in [5, 5.41) is 0.543. The van der Waals surface area contributed by atoms with E-state index in [1.54, 1.807) is 25.1 Å². The molecule has 0 aromatic heterocycles. The zero-order valence-corrected chi connectivity index (χ0v) is 14.5. The van der Waals surface area contributed by atoms with Crippen LogP contribution in [0.4, 0.5) is 0 Å². The Bertz CT molecular complexity index is 652. The van der Waals surface area contributed by atoms with Crippen LogP contribution in [-0.2, 0) is 14.3 Å². The molecule has 0 saturated carbocycles. The summed E-state index contributed by atoms with van der Waals surface area (Å²) in [7, 11) is 0. The van der Waals surface area contributed by atoms with Crippen LogP contribution < -0.4 is 4.74 Å². The summed E-state index contributed by atoms with van der Waals surface area (Å²) < 4.78 is 10.1. The van der Waals surface area contributed by atoms with Crippen molar-refractivity contribution in [3.8, 4) is 5.75 Å². The Hall–Kier alpha value is -1.52. The van der Waals surface area contributed by atoms with E-state index in [0.29, 0.717) is 17.2 Å². The minimum absolute atomic E-state index is 0.0913. The van der Waals surface area contributed by atoms with Gasteiger partial charge in [-0.05, 0) is 48.6 Å². The molecule has 1 aliphatic rings. The molecule has 1 unspecified atom stereocenters. The molecule has 6 heteroatoms. The fourth-order valence-electron chi connectivity index (χ4n) is 2.52. The maximum Gasteiger partial charge on any atom is 0.344 e. The molecule has 0 fully saturated rings. The first-order valence-electron chi connectivity index (χ1n) is 7.42. The van der Waals surface area contributed by atoms with Crippen molar-refractivity contribution in [2.75, 3.05) is 13.2 Å². The quantitative estimate of drug-likeness (QED) is 0.737. The summed E-state index contributed by atoms with van der Waals surface area (Å²) in [5.41, 5.74) is 1.60. The van der Waals surface area contributed by atoms with Gasteiger partial charge in [0.15, 0.2) is 12.4 Å². The number of allylic oxidation sites excluding steroid dienone is 2. The average Bonchev–Trinajstić information content (AvgIpc) is 2.48. The van der Waals surface area contributed by atoms with Crippen molar-refractivity contribution in [1.29, 1.82) is 0 Å². The smallest absolute Gasteiger partial charge is 0.344 e. The summed E-state index contributed by atoms with van der Waals surface area (Å²) in [6.45, 7) is 3.80. The first-order valence-corrected chi connectivity index (χ1v) is 8.18. The molecule has 0 aliphatic heterocycles. The lowest BCUT2D eigenvalue weighted by Gasteiger charge is -2.20. The van der Waals surface area contributed by atoms with E-state index in [4.69, 9.17) is 32.7 Å². The molecule has 1 aromatic carbocycles. The van der Waals surface area contributed by atoms with Crippen LogP contribution in [0.1, 0.15) is 32.3 Å². The minimum atomic E-state index is -0.474. The van der Waals surface area contributed by atoms with Gasteiger partial charge in [-0.2, -0.15) is 0 Å². The fourth-order valence-corrected chi connectivity index (χ4v) is 3.02. The van der Waals surface area contributed by atoms with Crippen molar-refractivity contribution in [1.82, 2.24) is 0 Å². The first kappa shape index (κ1) is 17.8. The normalized spacial score (nSPS) is 17.7. The second-order valence-electron chi connectivity index (χ2n) is 5.48. The van der Waals surface area contributed by atoms with E-state index in [-0.39, 0.29) is 29.9 Å². The topological polar surface area (TPSA) is 52.6 Å². The van der Waals surface area contributed by atoms with Gasteiger partial charge < -0.3 is 9.47 Å². The fraction of sp³-hybridized carbons (Fsp3) is 0.412. The molecular weight excluding hydrogens is 339 g/mol. The molecule has 23 heavy (non-hydrogen) atoms. The summed E-state index contributed by atoms with van der Waals surface area (Å²) >= 11 is 12.6. The summed E-state index contributed by atoms with van der Waals surface area (Å²) in [4.78, 5) is 23.1. The Labute approximate surface area is 145 Å². The Morgan fingerprint density at radius 3 is 2.65 bits per heavy atom. The van der Waals surface area contributed by atoms with Gasteiger partial charge in [0, 0.05) is 6.42 Å². The number of ketones is 1. The highest BCUT2D eigenvalue weighted by Gasteiger charge is 2.21. The van der Waals surface area contributed by atoms with Crippen molar-refractivity contribution < 1.29 is 19.1 Å². The molecule has 1 aliphatic carbocycles. The number of ether oxygens (including phenoxy) is 2. The molecule has 0 amide bonds. The third kappa shape index (κ3) is 4.49. The second kappa shape index (κ2) is 7.84. The third-order valence-corrected chi connectivity index (χ3v) is 4.36. The monoisotopic (exact) mass is 356 g/mol. The van der Waals surface area contributed by atoms with Crippen LogP contribution in [0, 0.1) is 5.92 Å². The van der Waals surface area contributed by atoms with Crippen LogP contribution in [0.25, 0.3) is 5.57 Å². The molecule has 0 heterocycles. The van der Waals surface area contributed by atoms with Crippen LogP contribution in [-0.4, -0.2) is 25.0 Å². The van der Waals surface area contributed by atoms with Gasteiger partial charge in [-0.15, -0.1) is 0 Å². The van der Waals surface area contributed by atoms with Crippen molar-refractivity contribution in [3.05, 3.63) is 33.8 Å². The molecule has 1 atom stereocenters. The lowest BCUT2D eigenvalue weighted by Crippen LogP contribution is -2.15. The maximum atomic E-state index is 11.7. The highest BCUT2D eigenvalue weighted by atomic mass is 35.5. The standard InChI is InChI=1S/C17H18Cl2O4/c1-3-22-15(21)9-23-14-5-4-13(16(18)17(14)19)11-6-10(2)7-12(20)8-11/h4-5,8,10H,3,6-7,9H2,1-2H3. The number of esters is 1. The Balaban J connectivity index is 2.20. The molecule has 4 nitrogen and oxygen atoms in total. The molecule has 2 rings (SSSR count). The number of carbonyl (C=O) groups is 2. The van der Waals surface area contributed by atoms with Gasteiger partial charge in [-0.3, -0.25) is 4.79 Å². The van der Waals surface area contributed by atoms with E-state index in [9.17, 15) is 9.59 Å². The van der Waals surface area contributed by atoms with Gasteiger partial charge in [-0.25, -0.2) is 4.79 Å². The largest absolute Gasteiger partial charge is 0.480 e. The number of carbonyl (C=O) groups excluding carboxylic acids is 2. The van der Waals surface area contributed by atoms with E-state index in [0.717, 1.165) is 17.6 Å². The molecule has 124 valence electrons. The number of rotatable bonds is 5. The Morgan fingerprint density at radius 2 is 2.00 bits per heavy atom. The van der Waals surface area contributed by atoms with Gasteiger partial charge in [0.1, 0.15) is 10.8 Å². The summed E-state index contributed by atoms with van der Waals surface area (Å²) in [6.07, 6.45) is 2.94. The van der Waals surface area contributed by atoms with Crippen molar-refractivity contribution in [2.45, 2.75) is 26.7 Å². The Kier molecular flexibility index (Phi) is 6.08. The van der Waals surface area contributed by atoms with Gasteiger partial charge in [0.25, 0.3) is 0 Å². The highest BCUT2D eigenvalue weighted by Crippen LogP contribution is 2.40. The second-order valence-corrected chi connectivity index (χ2v) is 6.24. The van der Waals surface area contributed by atoms with E-state index in [1.807, 2.05) is 6.92 Å². The third-order valence-electron chi connectivity index (χ3n) is 3.50. The Morgan fingerprint density at radius 1 is 1.26 bits per heavy atom. The number of benzene rings is 1. The van der Waals surface area contributed by atoms with E-state index in [1.165, 1.54) is 0 Å². The van der Waals surface area contributed by atoms with Gasteiger partial charge in [0.05, 0.1) is 11.6 Å². The first-order chi connectivity index (χ1) is 10.9.